The van der Waals surface area contributed by atoms with Gasteiger partial charge in [-0.25, -0.2) is 0 Å². The Morgan fingerprint density at radius 3 is 2.42 bits per heavy atom. The molecule has 31 heavy (non-hydrogen) atoms. The molecule has 1 unspecified atom stereocenters. The molecule has 2 aromatic carbocycles. The molecular formula is C24H24F3N3O. The van der Waals surface area contributed by atoms with Gasteiger partial charge >= 0.3 is 6.18 Å². The Labute approximate surface area is 179 Å². The predicted octanol–water partition coefficient (Wildman–Crippen LogP) is 5.10. The Balaban J connectivity index is 1.98. The van der Waals surface area contributed by atoms with Crippen molar-refractivity contribution in [2.24, 2.45) is 0 Å². The number of hydrogen-bond donors (Lipinski definition) is 0. The highest BCUT2D eigenvalue weighted by molar-refractivity contribution is 6.14. The molecule has 0 saturated carbocycles. The van der Waals surface area contributed by atoms with E-state index in [1.54, 1.807) is 36.4 Å². The van der Waals surface area contributed by atoms with Crippen molar-refractivity contribution in [1.29, 1.82) is 0 Å². The van der Waals surface area contributed by atoms with E-state index in [1.165, 1.54) is 6.92 Å². The van der Waals surface area contributed by atoms with Crippen molar-refractivity contribution in [3.05, 3.63) is 59.8 Å². The van der Waals surface area contributed by atoms with Crippen LogP contribution in [0.2, 0.25) is 0 Å². The van der Waals surface area contributed by atoms with Gasteiger partial charge in [-0.3, -0.25) is 9.78 Å². The number of alkyl halides is 3. The minimum absolute atomic E-state index is 0.0875. The molecule has 0 amide bonds. The van der Waals surface area contributed by atoms with E-state index in [4.69, 9.17) is 0 Å². The second-order valence-corrected chi connectivity index (χ2v) is 8.17. The van der Waals surface area contributed by atoms with Gasteiger partial charge in [-0.15, -0.1) is 0 Å². The minimum atomic E-state index is -4.98. The highest BCUT2D eigenvalue weighted by Gasteiger charge is 2.42. The lowest BCUT2D eigenvalue weighted by molar-refractivity contribution is -0.0885. The second-order valence-electron chi connectivity index (χ2n) is 8.17. The molecule has 7 heteroatoms. The highest BCUT2D eigenvalue weighted by atomic mass is 19.4. The van der Waals surface area contributed by atoms with Gasteiger partial charge in [0, 0.05) is 35.8 Å². The van der Waals surface area contributed by atoms with Crippen LogP contribution in [-0.4, -0.2) is 55.1 Å². The van der Waals surface area contributed by atoms with Gasteiger partial charge in [-0.2, -0.15) is 13.2 Å². The fourth-order valence-electron chi connectivity index (χ4n) is 4.35. The number of anilines is 1. The maximum absolute atomic E-state index is 13.5. The molecule has 3 aromatic rings. The monoisotopic (exact) mass is 427 g/mol. The van der Waals surface area contributed by atoms with Crippen LogP contribution in [0.3, 0.4) is 0 Å². The quantitative estimate of drug-likeness (QED) is 0.543. The summed E-state index contributed by atoms with van der Waals surface area (Å²) in [5.74, 6) is -1.86. The summed E-state index contributed by atoms with van der Waals surface area (Å²) in [6.07, 6.45) is -3.98. The largest absolute Gasteiger partial charge is 0.454 e. The molecule has 1 aromatic heterocycles. The maximum atomic E-state index is 13.5. The van der Waals surface area contributed by atoms with E-state index in [2.05, 4.69) is 14.8 Å². The molecule has 1 aliphatic rings. The molecule has 1 saturated heterocycles. The van der Waals surface area contributed by atoms with Crippen LogP contribution < -0.4 is 4.90 Å². The van der Waals surface area contributed by atoms with Crippen molar-refractivity contribution in [2.45, 2.75) is 25.6 Å². The van der Waals surface area contributed by atoms with Gasteiger partial charge in [0.05, 0.1) is 16.8 Å². The number of halogens is 3. The third-order valence-electron chi connectivity index (χ3n) is 5.96. The average molecular weight is 427 g/mol. The topological polar surface area (TPSA) is 36.4 Å². The zero-order valence-electron chi connectivity index (χ0n) is 17.7. The number of carbonyl (C=O) groups is 1. The smallest absolute Gasteiger partial charge is 0.368 e. The lowest BCUT2D eigenvalue weighted by atomic mass is 9.91. The Kier molecular flexibility index (Phi) is 5.47. The summed E-state index contributed by atoms with van der Waals surface area (Å²) in [5, 5.41) is 0.551. The molecule has 162 valence electrons. The molecule has 0 bridgehead atoms. The van der Waals surface area contributed by atoms with Crippen molar-refractivity contribution in [3.8, 4) is 11.1 Å². The summed E-state index contributed by atoms with van der Waals surface area (Å²) in [5.41, 5.74) is 2.07. The normalized spacial score (nSPS) is 17.0. The molecule has 0 radical (unpaired) electrons. The molecule has 0 spiro atoms. The lowest BCUT2D eigenvalue weighted by Crippen LogP contribution is -2.31. The van der Waals surface area contributed by atoms with Gasteiger partial charge < -0.3 is 9.80 Å². The number of pyridine rings is 1. The third-order valence-corrected chi connectivity index (χ3v) is 5.96. The van der Waals surface area contributed by atoms with E-state index in [0.717, 1.165) is 25.2 Å². The second kappa shape index (κ2) is 7.96. The summed E-state index contributed by atoms with van der Waals surface area (Å²) in [7, 11) is 4.09. The van der Waals surface area contributed by atoms with Crippen LogP contribution in [0.4, 0.5) is 18.9 Å². The molecule has 1 fully saturated rings. The number of ketones is 1. The number of Topliss-reactive ketones (excluding diaryl/α,β-unsaturated/α-hetero) is 1. The predicted molar refractivity (Wildman–Crippen MR) is 117 cm³/mol. The van der Waals surface area contributed by atoms with Gasteiger partial charge in [0.2, 0.25) is 0 Å². The molecule has 0 N–H and O–H groups in total. The van der Waals surface area contributed by atoms with E-state index in [-0.39, 0.29) is 16.8 Å². The number of hydrogen-bond acceptors (Lipinski definition) is 4. The zero-order chi connectivity index (χ0) is 22.3. The standard InChI is InChI=1S/C24H24F3N3O/c1-15-20(23(31)24(25,26)27)21(16-8-5-4-6-9-16)18-10-7-11-19(22(18)28-15)30-13-12-17(14-30)29(2)3/h4-11,17H,12-14H2,1-3H3. The van der Waals surface area contributed by atoms with E-state index < -0.39 is 12.0 Å². The number of aryl methyl sites for hydroxylation is 1. The number of aromatic nitrogens is 1. The lowest BCUT2D eigenvalue weighted by Gasteiger charge is -2.24. The van der Waals surface area contributed by atoms with Gasteiger partial charge in [-0.05, 0) is 39.1 Å². The van der Waals surface area contributed by atoms with Crippen molar-refractivity contribution >= 4 is 22.4 Å². The van der Waals surface area contributed by atoms with Crippen LogP contribution in [0.15, 0.2) is 48.5 Å². The number of carbonyl (C=O) groups excluding carboxylic acids is 1. The summed E-state index contributed by atoms with van der Waals surface area (Å²) >= 11 is 0. The van der Waals surface area contributed by atoms with Crippen LogP contribution in [0.5, 0.6) is 0 Å². The first-order valence-corrected chi connectivity index (χ1v) is 10.2. The first-order chi connectivity index (χ1) is 14.7. The van der Waals surface area contributed by atoms with E-state index in [1.807, 2.05) is 26.2 Å². The van der Waals surface area contributed by atoms with Crippen molar-refractivity contribution < 1.29 is 18.0 Å². The molecule has 2 heterocycles. The molecule has 1 aliphatic heterocycles. The van der Waals surface area contributed by atoms with Crippen LogP contribution >= 0.6 is 0 Å². The molecular weight excluding hydrogens is 403 g/mol. The summed E-state index contributed by atoms with van der Waals surface area (Å²) in [6.45, 7) is 3.14. The fourth-order valence-corrected chi connectivity index (χ4v) is 4.35. The van der Waals surface area contributed by atoms with Crippen molar-refractivity contribution in [3.63, 3.8) is 0 Å². The van der Waals surface area contributed by atoms with Gasteiger partial charge in [0.25, 0.3) is 5.78 Å². The summed E-state index contributed by atoms with van der Waals surface area (Å²) in [4.78, 5) is 21.3. The molecule has 0 aliphatic carbocycles. The van der Waals surface area contributed by atoms with Crippen LogP contribution in [0.1, 0.15) is 22.5 Å². The molecule has 4 nitrogen and oxygen atoms in total. The van der Waals surface area contributed by atoms with E-state index >= 15 is 0 Å². The van der Waals surface area contributed by atoms with Crippen LogP contribution in [0, 0.1) is 6.92 Å². The number of para-hydroxylation sites is 1. The summed E-state index contributed by atoms with van der Waals surface area (Å²) < 4.78 is 40.4. The number of nitrogens with zero attached hydrogens (tertiary/aromatic N) is 3. The Morgan fingerprint density at radius 2 is 1.81 bits per heavy atom. The average Bonchev–Trinajstić information content (AvgIpc) is 3.22. The van der Waals surface area contributed by atoms with Crippen molar-refractivity contribution in [1.82, 2.24) is 9.88 Å². The van der Waals surface area contributed by atoms with Gasteiger partial charge in [0.15, 0.2) is 0 Å². The minimum Gasteiger partial charge on any atom is -0.368 e. The number of benzene rings is 2. The van der Waals surface area contributed by atoms with Crippen molar-refractivity contribution in [2.75, 3.05) is 32.1 Å². The number of rotatable bonds is 4. The Hall–Kier alpha value is -2.93. The first kappa shape index (κ1) is 21.3. The molecule has 1 atom stereocenters. The number of fused-ring (bicyclic) bond motifs is 1. The Morgan fingerprint density at radius 1 is 1.10 bits per heavy atom. The van der Waals surface area contributed by atoms with Crippen LogP contribution in [0.25, 0.3) is 22.0 Å². The zero-order valence-corrected chi connectivity index (χ0v) is 17.7. The maximum Gasteiger partial charge on any atom is 0.454 e. The third kappa shape index (κ3) is 3.90. The van der Waals surface area contributed by atoms with E-state index in [9.17, 15) is 18.0 Å². The summed E-state index contributed by atoms with van der Waals surface area (Å²) in [6, 6.07) is 14.7. The molecule has 4 rings (SSSR count). The SMILES string of the molecule is Cc1nc2c(N3CCC(N(C)C)C3)cccc2c(-c2ccccc2)c1C(=O)C(F)(F)F. The fraction of sp³-hybridized carbons (Fsp3) is 0.333. The first-order valence-electron chi connectivity index (χ1n) is 10.2. The van der Waals surface area contributed by atoms with Gasteiger partial charge in [-0.1, -0.05) is 42.5 Å². The Bertz CT molecular complexity index is 1130. The number of likely N-dealkylation sites (N-methyl/N-ethyl adjacent to an activating group) is 1. The highest BCUT2D eigenvalue weighted by Crippen LogP contribution is 2.39. The van der Waals surface area contributed by atoms with Crippen LogP contribution in [-0.2, 0) is 0 Å². The van der Waals surface area contributed by atoms with E-state index in [0.29, 0.717) is 22.5 Å². The van der Waals surface area contributed by atoms with Gasteiger partial charge in [0.1, 0.15) is 0 Å².